The monoisotopic (exact) mass is 460 g/mol. The molecule has 1 amide bonds. The number of hydrogen-bond acceptors (Lipinski definition) is 5. The predicted molar refractivity (Wildman–Crippen MR) is 104 cm³/mol. The third-order valence-corrected chi connectivity index (χ3v) is 4.60. The highest BCUT2D eigenvalue weighted by molar-refractivity contribution is 9.10. The molecule has 4 aromatic rings. The zero-order valence-corrected chi connectivity index (χ0v) is 16.1. The minimum Gasteiger partial charge on any atom is -0.335 e. The number of carbonyl (C=O) groups excluding carboxylic acids is 1. The highest BCUT2D eigenvalue weighted by Gasteiger charge is 2.20. The number of nitrogens with zero attached hydrogens (tertiary/aromatic N) is 3. The number of amides is 1. The van der Waals surface area contributed by atoms with Gasteiger partial charge in [-0.2, -0.15) is 0 Å². The molecule has 2 aromatic carbocycles. The van der Waals surface area contributed by atoms with Crippen molar-refractivity contribution >= 4 is 38.6 Å². The van der Waals surface area contributed by atoms with Crippen molar-refractivity contribution in [1.82, 2.24) is 14.7 Å². The lowest BCUT2D eigenvalue weighted by Crippen LogP contribution is -2.28. The first-order valence-corrected chi connectivity index (χ1v) is 9.08. The maximum absolute atomic E-state index is 14.1. The molecule has 0 spiro atoms. The number of carbonyl (C=O) groups is 1. The van der Waals surface area contributed by atoms with Crippen LogP contribution in [0.1, 0.15) is 0 Å². The number of aromatic nitrogens is 3. The Kier molecular flexibility index (Phi) is 4.93. The summed E-state index contributed by atoms with van der Waals surface area (Å²) in [4.78, 5) is 29.1. The first-order chi connectivity index (χ1) is 13.9. The molecule has 7 nitrogen and oxygen atoms in total. The number of rotatable bonds is 4. The van der Waals surface area contributed by atoms with Crippen molar-refractivity contribution in [2.24, 2.45) is 0 Å². The van der Waals surface area contributed by atoms with Crippen LogP contribution in [-0.2, 0) is 11.3 Å². The third-order valence-electron chi connectivity index (χ3n) is 4.11. The van der Waals surface area contributed by atoms with Crippen molar-refractivity contribution in [1.29, 1.82) is 0 Å². The van der Waals surface area contributed by atoms with Gasteiger partial charge in [0.05, 0.1) is 5.69 Å². The smallest absolute Gasteiger partial charge is 0.267 e. The molecule has 0 atom stereocenters. The number of hydrogen-bond donors (Lipinski definition) is 1. The first kappa shape index (κ1) is 18.9. The van der Waals surface area contributed by atoms with E-state index in [0.717, 1.165) is 10.9 Å². The molecule has 29 heavy (non-hydrogen) atoms. The van der Waals surface area contributed by atoms with Crippen molar-refractivity contribution < 1.29 is 18.1 Å². The second kappa shape index (κ2) is 7.55. The highest BCUT2D eigenvalue weighted by Crippen LogP contribution is 2.26. The predicted octanol–water partition coefficient (Wildman–Crippen LogP) is 3.73. The van der Waals surface area contributed by atoms with Gasteiger partial charge in [-0.05, 0) is 30.3 Å². The van der Waals surface area contributed by atoms with Gasteiger partial charge in [-0.25, -0.2) is 13.8 Å². The highest BCUT2D eigenvalue weighted by atomic mass is 79.9. The summed E-state index contributed by atoms with van der Waals surface area (Å²) in [5, 5.41) is 6.08. The van der Waals surface area contributed by atoms with Gasteiger partial charge < -0.3 is 9.84 Å². The van der Waals surface area contributed by atoms with Gasteiger partial charge in [-0.3, -0.25) is 14.2 Å². The molecule has 2 heterocycles. The van der Waals surface area contributed by atoms with E-state index in [1.54, 1.807) is 12.1 Å². The average Bonchev–Trinajstić information content (AvgIpc) is 3.11. The van der Waals surface area contributed by atoms with Crippen LogP contribution < -0.4 is 10.9 Å². The molecule has 0 radical (unpaired) electrons. The first-order valence-electron chi connectivity index (χ1n) is 8.28. The summed E-state index contributed by atoms with van der Waals surface area (Å²) in [6.45, 7) is -0.431. The van der Waals surface area contributed by atoms with Gasteiger partial charge in [0.2, 0.25) is 5.91 Å². The minimum absolute atomic E-state index is 0.00990. The Labute approximate surface area is 170 Å². The molecule has 2 aromatic heterocycles. The van der Waals surface area contributed by atoms with E-state index in [4.69, 9.17) is 4.52 Å². The quantitative estimate of drug-likeness (QED) is 0.501. The Hall–Kier alpha value is -3.40. The number of anilines is 1. The SMILES string of the molecule is O=C(Cn1cnc2onc(-c3ccccc3F)c2c1=O)Nc1ccc(Br)cc1F. The van der Waals surface area contributed by atoms with E-state index < -0.39 is 29.6 Å². The van der Waals surface area contributed by atoms with Gasteiger partial charge in [-0.1, -0.05) is 33.2 Å². The number of benzene rings is 2. The second-order valence-electron chi connectivity index (χ2n) is 6.04. The lowest BCUT2D eigenvalue weighted by Gasteiger charge is -2.08. The molecule has 0 unspecified atom stereocenters. The Morgan fingerprint density at radius 1 is 1.17 bits per heavy atom. The van der Waals surface area contributed by atoms with Crippen LogP contribution in [0.15, 0.2) is 62.6 Å². The maximum atomic E-state index is 14.1. The van der Waals surface area contributed by atoms with E-state index in [0.29, 0.717) is 4.47 Å². The standard InChI is InChI=1S/C19H11BrF2N4O3/c20-10-5-6-14(13(22)7-10)24-15(27)8-26-9-23-18-16(19(26)28)17(25-29-18)11-3-1-2-4-12(11)21/h1-7,9H,8H2,(H,24,27). The molecule has 0 aliphatic rings. The lowest BCUT2D eigenvalue weighted by atomic mass is 10.1. The molecular weight excluding hydrogens is 450 g/mol. The molecule has 0 fully saturated rings. The topological polar surface area (TPSA) is 90.0 Å². The molecule has 146 valence electrons. The molecule has 10 heteroatoms. The van der Waals surface area contributed by atoms with Crippen LogP contribution in [-0.4, -0.2) is 20.6 Å². The Balaban J connectivity index is 1.67. The van der Waals surface area contributed by atoms with Crippen LogP contribution in [0.5, 0.6) is 0 Å². The molecule has 0 bridgehead atoms. The largest absolute Gasteiger partial charge is 0.335 e. The number of fused-ring (bicyclic) bond motifs is 1. The van der Waals surface area contributed by atoms with Crippen LogP contribution in [0.25, 0.3) is 22.4 Å². The Morgan fingerprint density at radius 2 is 1.97 bits per heavy atom. The summed E-state index contributed by atoms with van der Waals surface area (Å²) < 4.78 is 34.6. The Morgan fingerprint density at radius 3 is 2.72 bits per heavy atom. The fourth-order valence-electron chi connectivity index (χ4n) is 2.77. The summed E-state index contributed by atoms with van der Waals surface area (Å²) in [6, 6.07) is 9.93. The number of nitrogens with one attached hydrogen (secondary N) is 1. The van der Waals surface area contributed by atoms with Crippen LogP contribution in [0.4, 0.5) is 14.5 Å². The maximum Gasteiger partial charge on any atom is 0.267 e. The van der Waals surface area contributed by atoms with Crippen LogP contribution in [0, 0.1) is 11.6 Å². The summed E-state index contributed by atoms with van der Waals surface area (Å²) in [5.41, 5.74) is -0.685. The van der Waals surface area contributed by atoms with Gasteiger partial charge in [0.25, 0.3) is 11.3 Å². The molecule has 0 aliphatic heterocycles. The average molecular weight is 461 g/mol. The zero-order valence-electron chi connectivity index (χ0n) is 14.5. The fraction of sp³-hybridized carbons (Fsp3) is 0.0526. The summed E-state index contributed by atoms with van der Waals surface area (Å²) in [7, 11) is 0. The van der Waals surface area contributed by atoms with Crippen LogP contribution in [0.2, 0.25) is 0 Å². The van der Waals surface area contributed by atoms with Crippen LogP contribution in [0.3, 0.4) is 0 Å². The molecular formula is C19H11BrF2N4O3. The molecule has 1 N–H and O–H groups in total. The molecule has 0 aliphatic carbocycles. The van der Waals surface area contributed by atoms with Crippen molar-refractivity contribution in [3.05, 3.63) is 75.3 Å². The van der Waals surface area contributed by atoms with Crippen molar-refractivity contribution in [3.8, 4) is 11.3 Å². The number of halogens is 3. The van der Waals surface area contributed by atoms with Crippen molar-refractivity contribution in [3.63, 3.8) is 0 Å². The molecule has 0 saturated heterocycles. The van der Waals surface area contributed by atoms with Gasteiger partial charge in [0.15, 0.2) is 0 Å². The van der Waals surface area contributed by atoms with E-state index in [1.165, 1.54) is 30.3 Å². The van der Waals surface area contributed by atoms with Crippen molar-refractivity contribution in [2.45, 2.75) is 6.54 Å². The normalized spacial score (nSPS) is 11.0. The summed E-state index contributed by atoms with van der Waals surface area (Å²) >= 11 is 3.13. The van der Waals surface area contributed by atoms with Crippen molar-refractivity contribution in [2.75, 3.05) is 5.32 Å². The van der Waals surface area contributed by atoms with E-state index in [-0.39, 0.29) is 28.0 Å². The second-order valence-corrected chi connectivity index (χ2v) is 6.96. The molecule has 4 rings (SSSR count). The van der Waals surface area contributed by atoms with E-state index >= 15 is 0 Å². The van der Waals surface area contributed by atoms with Crippen LogP contribution >= 0.6 is 15.9 Å². The fourth-order valence-corrected chi connectivity index (χ4v) is 3.10. The zero-order chi connectivity index (χ0) is 20.5. The van der Waals surface area contributed by atoms with E-state index in [2.05, 4.69) is 31.4 Å². The third kappa shape index (κ3) is 3.66. The van der Waals surface area contributed by atoms with Gasteiger partial charge in [-0.15, -0.1) is 0 Å². The molecule has 0 saturated carbocycles. The minimum atomic E-state index is -0.640. The van der Waals surface area contributed by atoms with Gasteiger partial charge in [0.1, 0.15) is 35.6 Å². The van der Waals surface area contributed by atoms with E-state index in [9.17, 15) is 18.4 Å². The van der Waals surface area contributed by atoms with Gasteiger partial charge >= 0.3 is 0 Å². The van der Waals surface area contributed by atoms with E-state index in [1.807, 2.05) is 0 Å². The summed E-state index contributed by atoms with van der Waals surface area (Å²) in [6.07, 6.45) is 1.11. The van der Waals surface area contributed by atoms with Gasteiger partial charge in [0, 0.05) is 10.0 Å². The summed E-state index contributed by atoms with van der Waals surface area (Å²) in [5.74, 6) is -1.85. The Bertz CT molecular complexity index is 1300. The lowest BCUT2D eigenvalue weighted by molar-refractivity contribution is -0.116.